The van der Waals surface area contributed by atoms with Crippen molar-refractivity contribution in [3.63, 3.8) is 0 Å². The number of hydrogen-bond donors (Lipinski definition) is 0. The highest BCUT2D eigenvalue weighted by Crippen LogP contribution is 2.12. The first-order valence-corrected chi connectivity index (χ1v) is 5.31. The lowest BCUT2D eigenvalue weighted by Gasteiger charge is -1.96. The Morgan fingerprint density at radius 3 is 2.47 bits per heavy atom. The van der Waals surface area contributed by atoms with E-state index in [2.05, 4.69) is 0 Å². The van der Waals surface area contributed by atoms with Crippen LogP contribution in [0.3, 0.4) is 0 Å². The Morgan fingerprint density at radius 1 is 0.882 bits per heavy atom. The van der Waals surface area contributed by atoms with Crippen LogP contribution >= 0.6 is 0 Å². The normalized spacial score (nSPS) is 10.8. The minimum atomic E-state index is -0.226. The Hall–Kier alpha value is -2.42. The summed E-state index contributed by atoms with van der Waals surface area (Å²) in [5.74, 6) is 0. The van der Waals surface area contributed by atoms with Gasteiger partial charge in [0, 0.05) is 11.5 Å². The van der Waals surface area contributed by atoms with E-state index in [9.17, 15) is 10.0 Å². The van der Waals surface area contributed by atoms with Gasteiger partial charge in [0.15, 0.2) is 6.20 Å². The van der Waals surface area contributed by atoms with Gasteiger partial charge in [-0.2, -0.15) is 4.73 Å². The Labute approximate surface area is 97.1 Å². The van der Waals surface area contributed by atoms with E-state index in [-0.39, 0.29) is 10.9 Å². The van der Waals surface area contributed by atoms with Gasteiger partial charge in [-0.1, -0.05) is 30.3 Å². The van der Waals surface area contributed by atoms with E-state index in [1.165, 1.54) is 6.20 Å². The minimum Gasteiger partial charge on any atom is -0.618 e. The molecule has 1 heterocycles. The van der Waals surface area contributed by atoms with E-state index in [0.717, 1.165) is 5.39 Å². The zero-order valence-electron chi connectivity index (χ0n) is 8.96. The van der Waals surface area contributed by atoms with Crippen LogP contribution in [0.25, 0.3) is 21.7 Å². The molecule has 0 N–H and O–H groups in total. The van der Waals surface area contributed by atoms with E-state index in [0.29, 0.717) is 15.5 Å². The first-order chi connectivity index (χ1) is 8.27. The molecular weight excluding hydrogens is 214 g/mol. The standard InChI is InChI=1S/C14H9NO2/c16-14-12-6-2-1-4-10(12)7-8-11-5-3-9-15(17)13(11)14/h1-9H. The summed E-state index contributed by atoms with van der Waals surface area (Å²) in [6.07, 6.45) is 1.35. The average molecular weight is 223 g/mol. The van der Waals surface area contributed by atoms with Crippen LogP contribution in [0, 0.1) is 5.21 Å². The van der Waals surface area contributed by atoms with Gasteiger partial charge in [-0.05, 0) is 17.5 Å². The van der Waals surface area contributed by atoms with Gasteiger partial charge in [0.05, 0.1) is 5.39 Å². The number of pyridine rings is 1. The van der Waals surface area contributed by atoms with Crippen molar-refractivity contribution in [2.45, 2.75) is 0 Å². The number of rotatable bonds is 0. The number of aromatic nitrogens is 1. The highest BCUT2D eigenvalue weighted by molar-refractivity contribution is 5.89. The van der Waals surface area contributed by atoms with Gasteiger partial charge in [-0.25, -0.2) is 0 Å². The zero-order chi connectivity index (χ0) is 11.8. The predicted molar refractivity (Wildman–Crippen MR) is 66.7 cm³/mol. The molecule has 0 atom stereocenters. The van der Waals surface area contributed by atoms with Crippen molar-refractivity contribution < 1.29 is 4.73 Å². The summed E-state index contributed by atoms with van der Waals surface area (Å²) < 4.78 is 0.629. The molecule has 17 heavy (non-hydrogen) atoms. The molecular formula is C14H9NO2. The topological polar surface area (TPSA) is 44.0 Å². The highest BCUT2D eigenvalue weighted by Gasteiger charge is 2.08. The molecule has 82 valence electrons. The van der Waals surface area contributed by atoms with Crippen molar-refractivity contribution in [3.05, 3.63) is 70.2 Å². The van der Waals surface area contributed by atoms with Crippen molar-refractivity contribution in [2.24, 2.45) is 0 Å². The Morgan fingerprint density at radius 2 is 1.59 bits per heavy atom. The van der Waals surface area contributed by atoms with Gasteiger partial charge >= 0.3 is 0 Å². The summed E-state index contributed by atoms with van der Waals surface area (Å²) in [6, 6.07) is 14.3. The van der Waals surface area contributed by atoms with Crippen LogP contribution in [-0.4, -0.2) is 0 Å². The Bertz CT molecular complexity index is 781. The molecule has 0 fully saturated rings. The predicted octanol–water partition coefficient (Wildman–Crippen LogP) is 1.99. The molecule has 0 saturated carbocycles. The van der Waals surface area contributed by atoms with E-state index >= 15 is 0 Å². The second-order valence-corrected chi connectivity index (χ2v) is 3.89. The van der Waals surface area contributed by atoms with Crippen LogP contribution < -0.4 is 10.2 Å². The third kappa shape index (κ3) is 1.44. The molecule has 2 aromatic carbocycles. The molecule has 0 saturated heterocycles. The summed E-state index contributed by atoms with van der Waals surface area (Å²) >= 11 is 0. The third-order valence-corrected chi connectivity index (χ3v) is 2.85. The van der Waals surface area contributed by atoms with Crippen molar-refractivity contribution in [1.82, 2.24) is 0 Å². The molecule has 1 aromatic heterocycles. The van der Waals surface area contributed by atoms with Crippen LogP contribution in [0.15, 0.2) is 59.5 Å². The van der Waals surface area contributed by atoms with E-state index in [4.69, 9.17) is 0 Å². The smallest absolute Gasteiger partial charge is 0.272 e. The minimum absolute atomic E-state index is 0.189. The highest BCUT2D eigenvalue weighted by atomic mass is 16.5. The molecule has 3 rings (SSSR count). The van der Waals surface area contributed by atoms with Gasteiger partial charge in [0.2, 0.25) is 0 Å². The SMILES string of the molecule is O=c1c2ccccc2ccc2ccc[n+]([O-])c12. The molecule has 0 bridgehead atoms. The number of benzene rings is 1. The molecule has 0 aliphatic carbocycles. The van der Waals surface area contributed by atoms with Gasteiger partial charge < -0.3 is 5.21 Å². The first kappa shape index (κ1) is 9.78. The Balaban J connectivity index is 2.71. The fourth-order valence-corrected chi connectivity index (χ4v) is 2.03. The van der Waals surface area contributed by atoms with Gasteiger partial charge in [0.1, 0.15) is 0 Å². The summed E-state index contributed by atoms with van der Waals surface area (Å²) in [5.41, 5.74) is -0.0371. The monoisotopic (exact) mass is 223 g/mol. The van der Waals surface area contributed by atoms with E-state index in [1.807, 2.05) is 18.2 Å². The van der Waals surface area contributed by atoms with Gasteiger partial charge in [-0.15, -0.1) is 0 Å². The largest absolute Gasteiger partial charge is 0.618 e. The fourth-order valence-electron chi connectivity index (χ4n) is 2.03. The lowest BCUT2D eigenvalue weighted by Crippen LogP contribution is -2.30. The molecule has 0 unspecified atom stereocenters. The lowest BCUT2D eigenvalue weighted by atomic mass is 10.2. The number of nitrogens with zero attached hydrogens (tertiary/aromatic N) is 1. The maximum absolute atomic E-state index is 12.3. The van der Waals surface area contributed by atoms with Gasteiger partial charge in [-0.3, -0.25) is 4.79 Å². The third-order valence-electron chi connectivity index (χ3n) is 2.85. The molecule has 0 radical (unpaired) electrons. The fraction of sp³-hybridized carbons (Fsp3) is 0. The van der Waals surface area contributed by atoms with Crippen molar-refractivity contribution in [3.8, 4) is 0 Å². The molecule has 0 spiro atoms. The molecule has 3 nitrogen and oxygen atoms in total. The van der Waals surface area contributed by atoms with Gasteiger partial charge in [0.25, 0.3) is 10.9 Å². The molecule has 0 amide bonds. The van der Waals surface area contributed by atoms with Crippen LogP contribution in [-0.2, 0) is 0 Å². The maximum Gasteiger partial charge on any atom is 0.272 e. The molecule has 0 aliphatic rings. The van der Waals surface area contributed by atoms with Crippen molar-refractivity contribution in [2.75, 3.05) is 0 Å². The van der Waals surface area contributed by atoms with Crippen molar-refractivity contribution in [1.29, 1.82) is 0 Å². The van der Waals surface area contributed by atoms with E-state index in [1.54, 1.807) is 30.3 Å². The zero-order valence-corrected chi connectivity index (χ0v) is 8.96. The molecule has 0 aliphatic heterocycles. The van der Waals surface area contributed by atoms with Crippen LogP contribution in [0.1, 0.15) is 0 Å². The van der Waals surface area contributed by atoms with E-state index < -0.39 is 0 Å². The average Bonchev–Trinajstić information content (AvgIpc) is 2.49. The summed E-state index contributed by atoms with van der Waals surface area (Å²) in [7, 11) is 0. The van der Waals surface area contributed by atoms with Crippen LogP contribution in [0.4, 0.5) is 0 Å². The summed E-state index contributed by atoms with van der Waals surface area (Å²) in [4.78, 5) is 12.3. The molecule has 3 heteroatoms. The van der Waals surface area contributed by atoms with Crippen LogP contribution in [0.5, 0.6) is 0 Å². The lowest BCUT2D eigenvalue weighted by molar-refractivity contribution is -0.577. The van der Waals surface area contributed by atoms with Crippen LogP contribution in [0.2, 0.25) is 0 Å². The second kappa shape index (κ2) is 3.56. The first-order valence-electron chi connectivity index (χ1n) is 5.31. The summed E-state index contributed by atoms with van der Waals surface area (Å²) in [5, 5.41) is 13.8. The van der Waals surface area contributed by atoms with Crippen molar-refractivity contribution >= 4 is 21.7 Å². The Kier molecular flexibility index (Phi) is 2.05. The summed E-state index contributed by atoms with van der Waals surface area (Å²) in [6.45, 7) is 0. The maximum atomic E-state index is 12.3. The molecule has 3 aromatic rings. The quantitative estimate of drug-likeness (QED) is 0.432. The second-order valence-electron chi connectivity index (χ2n) is 3.89. The number of fused-ring (bicyclic) bond motifs is 2. The number of hydrogen-bond acceptors (Lipinski definition) is 2.